The molecule has 2 N–H and O–H groups in total. The number of carbonyl (C=O) groups is 1. The number of amides is 1. The van der Waals surface area contributed by atoms with Crippen LogP contribution in [-0.2, 0) is 9.53 Å². The van der Waals surface area contributed by atoms with Gasteiger partial charge in [-0.25, -0.2) is 4.98 Å². The third-order valence-corrected chi connectivity index (χ3v) is 3.67. The number of carbonyl (C=O) groups excluding carboxylic acids is 1. The van der Waals surface area contributed by atoms with E-state index >= 15 is 0 Å². The van der Waals surface area contributed by atoms with Crippen molar-refractivity contribution >= 4 is 28.1 Å². The van der Waals surface area contributed by atoms with E-state index in [2.05, 4.69) is 15.6 Å². The fourth-order valence-electron chi connectivity index (χ4n) is 1.72. The normalized spacial score (nSPS) is 10.4. The van der Waals surface area contributed by atoms with E-state index in [1.807, 2.05) is 36.6 Å². The van der Waals surface area contributed by atoms with E-state index in [4.69, 9.17) is 4.74 Å². The molecular formula is C15H19N3O2S. The minimum atomic E-state index is 0.0148. The summed E-state index contributed by atoms with van der Waals surface area (Å²) in [6.07, 6.45) is 0.477. The van der Waals surface area contributed by atoms with E-state index in [1.165, 1.54) is 0 Å². The summed E-state index contributed by atoms with van der Waals surface area (Å²) in [7, 11) is 1.67. The number of hydrogen-bond acceptors (Lipinski definition) is 5. The van der Waals surface area contributed by atoms with Crippen molar-refractivity contribution in [3.05, 3.63) is 29.6 Å². The highest BCUT2D eigenvalue weighted by atomic mass is 32.1. The summed E-state index contributed by atoms with van der Waals surface area (Å²) in [4.78, 5) is 15.8. The van der Waals surface area contributed by atoms with E-state index in [0.29, 0.717) is 13.0 Å². The van der Waals surface area contributed by atoms with E-state index in [0.717, 1.165) is 28.6 Å². The maximum Gasteiger partial charge on any atom is 0.224 e. The smallest absolute Gasteiger partial charge is 0.224 e. The van der Waals surface area contributed by atoms with Crippen LogP contribution in [0.1, 0.15) is 13.3 Å². The number of methoxy groups -OCH3 is 1. The Kier molecular flexibility index (Phi) is 5.71. The summed E-state index contributed by atoms with van der Waals surface area (Å²) in [6.45, 7) is 3.23. The quantitative estimate of drug-likeness (QED) is 0.771. The molecule has 0 aliphatic heterocycles. The molecule has 0 atom stereocenters. The molecule has 6 heteroatoms. The van der Waals surface area contributed by atoms with Crippen molar-refractivity contribution in [2.24, 2.45) is 0 Å². The monoisotopic (exact) mass is 305 g/mol. The summed E-state index contributed by atoms with van der Waals surface area (Å²) in [5.74, 6) is 0.0148. The first kappa shape index (κ1) is 15.5. The third-order valence-electron chi connectivity index (χ3n) is 2.87. The summed E-state index contributed by atoms with van der Waals surface area (Å²) in [5, 5.41) is 8.92. The fourth-order valence-corrected chi connectivity index (χ4v) is 2.47. The lowest BCUT2D eigenvalue weighted by Crippen LogP contribution is -2.09. The van der Waals surface area contributed by atoms with Gasteiger partial charge in [0.1, 0.15) is 0 Å². The molecule has 2 rings (SSSR count). The first-order chi connectivity index (χ1) is 10.2. The molecule has 0 spiro atoms. The van der Waals surface area contributed by atoms with Gasteiger partial charge in [-0.2, -0.15) is 0 Å². The van der Waals surface area contributed by atoms with Crippen molar-refractivity contribution in [2.45, 2.75) is 13.3 Å². The van der Waals surface area contributed by atoms with Crippen LogP contribution in [0.3, 0.4) is 0 Å². The molecule has 21 heavy (non-hydrogen) atoms. The van der Waals surface area contributed by atoms with Crippen molar-refractivity contribution in [2.75, 3.05) is 30.9 Å². The lowest BCUT2D eigenvalue weighted by molar-refractivity contribution is -0.115. The largest absolute Gasteiger partial charge is 0.383 e. The molecule has 1 aromatic carbocycles. The van der Waals surface area contributed by atoms with Gasteiger partial charge in [0.25, 0.3) is 0 Å². The minimum absolute atomic E-state index is 0.0148. The second kappa shape index (κ2) is 7.75. The third kappa shape index (κ3) is 4.54. The Hall–Kier alpha value is -1.92. The number of thiazole rings is 1. The molecule has 0 aliphatic rings. The van der Waals surface area contributed by atoms with Crippen LogP contribution in [-0.4, -0.2) is 31.2 Å². The molecule has 1 amide bonds. The van der Waals surface area contributed by atoms with Crippen LogP contribution in [0.2, 0.25) is 0 Å². The van der Waals surface area contributed by atoms with Gasteiger partial charge in [0, 0.05) is 36.7 Å². The van der Waals surface area contributed by atoms with Crippen LogP contribution in [0, 0.1) is 0 Å². The first-order valence-electron chi connectivity index (χ1n) is 6.81. The predicted octanol–water partition coefficient (Wildman–Crippen LogP) is 3.22. The van der Waals surface area contributed by atoms with Crippen molar-refractivity contribution in [3.8, 4) is 11.3 Å². The Morgan fingerprint density at radius 3 is 2.76 bits per heavy atom. The maximum atomic E-state index is 11.3. The van der Waals surface area contributed by atoms with Crippen LogP contribution >= 0.6 is 11.3 Å². The van der Waals surface area contributed by atoms with Gasteiger partial charge in [-0.15, -0.1) is 11.3 Å². The van der Waals surface area contributed by atoms with Gasteiger partial charge in [0.2, 0.25) is 5.91 Å². The molecule has 0 saturated heterocycles. The minimum Gasteiger partial charge on any atom is -0.383 e. The van der Waals surface area contributed by atoms with Gasteiger partial charge >= 0.3 is 0 Å². The Morgan fingerprint density at radius 2 is 2.10 bits per heavy atom. The van der Waals surface area contributed by atoms with Crippen molar-refractivity contribution in [1.82, 2.24) is 4.98 Å². The van der Waals surface area contributed by atoms with Gasteiger partial charge in [-0.3, -0.25) is 4.79 Å². The predicted molar refractivity (Wildman–Crippen MR) is 86.8 cm³/mol. The van der Waals surface area contributed by atoms with Crippen LogP contribution in [0.5, 0.6) is 0 Å². The zero-order valence-corrected chi connectivity index (χ0v) is 13.0. The maximum absolute atomic E-state index is 11.3. The molecule has 0 saturated carbocycles. The van der Waals surface area contributed by atoms with E-state index in [9.17, 15) is 4.79 Å². The summed E-state index contributed by atoms with van der Waals surface area (Å²) in [5.41, 5.74) is 2.76. The molecule has 0 unspecified atom stereocenters. The van der Waals surface area contributed by atoms with Crippen molar-refractivity contribution in [3.63, 3.8) is 0 Å². The molecule has 1 heterocycles. The molecule has 0 aliphatic carbocycles. The van der Waals surface area contributed by atoms with Gasteiger partial charge in [-0.1, -0.05) is 19.1 Å². The Bertz CT molecular complexity index is 581. The standard InChI is InChI=1S/C15H19N3O2S/c1-3-14(19)17-12-6-4-11(5-7-12)13-10-21-15(18-13)16-8-9-20-2/h4-7,10H,3,8-9H2,1-2H3,(H,16,18)(H,17,19). The number of rotatable bonds is 7. The average Bonchev–Trinajstić information content (AvgIpc) is 2.97. The molecule has 0 bridgehead atoms. The number of hydrogen-bond donors (Lipinski definition) is 2. The first-order valence-corrected chi connectivity index (χ1v) is 7.69. The number of anilines is 2. The topological polar surface area (TPSA) is 63.2 Å². The Labute approximate surface area is 128 Å². The fraction of sp³-hybridized carbons (Fsp3) is 0.333. The van der Waals surface area contributed by atoms with Gasteiger partial charge in [0.05, 0.1) is 12.3 Å². The lowest BCUT2D eigenvalue weighted by atomic mass is 10.1. The van der Waals surface area contributed by atoms with Gasteiger partial charge < -0.3 is 15.4 Å². The zero-order valence-electron chi connectivity index (χ0n) is 12.2. The van der Waals surface area contributed by atoms with Crippen molar-refractivity contribution < 1.29 is 9.53 Å². The molecule has 112 valence electrons. The summed E-state index contributed by atoms with van der Waals surface area (Å²) in [6, 6.07) is 7.69. The van der Waals surface area contributed by atoms with E-state index in [1.54, 1.807) is 18.4 Å². The molecule has 2 aromatic rings. The summed E-state index contributed by atoms with van der Waals surface area (Å²) < 4.78 is 4.99. The number of benzene rings is 1. The number of nitrogens with one attached hydrogen (secondary N) is 2. The van der Waals surface area contributed by atoms with Gasteiger partial charge in [-0.05, 0) is 12.1 Å². The van der Waals surface area contributed by atoms with E-state index in [-0.39, 0.29) is 5.91 Å². The molecule has 1 aromatic heterocycles. The van der Waals surface area contributed by atoms with Gasteiger partial charge in [0.15, 0.2) is 5.13 Å². The molecule has 0 fully saturated rings. The lowest BCUT2D eigenvalue weighted by Gasteiger charge is -2.04. The molecular weight excluding hydrogens is 286 g/mol. The second-order valence-corrected chi connectivity index (χ2v) is 5.29. The molecule has 5 nitrogen and oxygen atoms in total. The highest BCUT2D eigenvalue weighted by Crippen LogP contribution is 2.25. The highest BCUT2D eigenvalue weighted by Gasteiger charge is 2.05. The summed E-state index contributed by atoms with van der Waals surface area (Å²) >= 11 is 1.57. The van der Waals surface area contributed by atoms with Crippen LogP contribution in [0.25, 0.3) is 11.3 Å². The SMILES string of the molecule is CCC(=O)Nc1ccc(-c2csc(NCCOC)n2)cc1. The average molecular weight is 305 g/mol. The second-order valence-electron chi connectivity index (χ2n) is 4.44. The van der Waals surface area contributed by atoms with Crippen LogP contribution < -0.4 is 10.6 Å². The Morgan fingerprint density at radius 1 is 1.33 bits per heavy atom. The van der Waals surface area contributed by atoms with E-state index < -0.39 is 0 Å². The highest BCUT2D eigenvalue weighted by molar-refractivity contribution is 7.14. The molecule has 0 radical (unpaired) electrons. The van der Waals surface area contributed by atoms with Crippen LogP contribution in [0.15, 0.2) is 29.6 Å². The Balaban J connectivity index is 2.00. The zero-order chi connectivity index (χ0) is 15.1. The number of aromatic nitrogens is 1. The van der Waals surface area contributed by atoms with Crippen LogP contribution in [0.4, 0.5) is 10.8 Å². The van der Waals surface area contributed by atoms with Crippen molar-refractivity contribution in [1.29, 1.82) is 0 Å². The number of nitrogens with zero attached hydrogens (tertiary/aromatic N) is 1. The number of ether oxygens (including phenoxy) is 1.